The lowest BCUT2D eigenvalue weighted by Crippen LogP contribution is -2.51. The fourth-order valence-corrected chi connectivity index (χ4v) is 6.62. The molecule has 3 aromatic carbocycles. The van der Waals surface area contributed by atoms with Gasteiger partial charge >= 0.3 is 0 Å². The summed E-state index contributed by atoms with van der Waals surface area (Å²) in [5.74, 6) is -0.0330. The van der Waals surface area contributed by atoms with Crippen LogP contribution in [-0.4, -0.2) is 62.9 Å². The molecule has 1 saturated carbocycles. The Morgan fingerprint density at radius 1 is 1.00 bits per heavy atom. The molecule has 1 aliphatic heterocycles. The molecule has 1 amide bonds. The SMILES string of the molecule is COc1ccc(S(=O)(=O)NCC2(c3cccc4ccccc34)CC2)cc1N1CCN(C(=O)C(Cl)(Cl)Cl)CC1. The van der Waals surface area contributed by atoms with Gasteiger partial charge < -0.3 is 14.5 Å². The number of nitrogens with one attached hydrogen (secondary N) is 1. The van der Waals surface area contributed by atoms with Crippen LogP contribution < -0.4 is 14.4 Å². The molecular formula is C27H28Cl3N3O4S. The number of methoxy groups -OCH3 is 1. The van der Waals surface area contributed by atoms with Crippen LogP contribution in [0.25, 0.3) is 10.8 Å². The number of benzene rings is 3. The number of fused-ring (bicyclic) bond motifs is 1. The van der Waals surface area contributed by atoms with Crippen LogP contribution in [-0.2, 0) is 20.2 Å². The molecule has 1 aliphatic carbocycles. The number of nitrogens with zero attached hydrogens (tertiary/aromatic N) is 2. The van der Waals surface area contributed by atoms with Crippen molar-refractivity contribution in [3.63, 3.8) is 0 Å². The molecule has 0 radical (unpaired) electrons. The van der Waals surface area contributed by atoms with Crippen molar-refractivity contribution in [3.8, 4) is 5.75 Å². The van der Waals surface area contributed by atoms with Crippen LogP contribution in [0.1, 0.15) is 18.4 Å². The summed E-state index contributed by atoms with van der Waals surface area (Å²) >= 11 is 17.3. The molecule has 1 N–H and O–H groups in total. The topological polar surface area (TPSA) is 79.0 Å². The number of ether oxygens (including phenoxy) is 1. The molecule has 1 heterocycles. The average molecular weight is 597 g/mol. The van der Waals surface area contributed by atoms with Crippen molar-refractivity contribution in [1.29, 1.82) is 0 Å². The summed E-state index contributed by atoms with van der Waals surface area (Å²) in [5, 5.41) is 2.31. The first-order valence-electron chi connectivity index (χ1n) is 12.3. The summed E-state index contributed by atoms with van der Waals surface area (Å²) in [6.07, 6.45) is 1.85. The number of alkyl halides is 3. The second-order valence-corrected chi connectivity index (χ2v) is 13.8. The third-order valence-corrected chi connectivity index (χ3v) is 9.31. The van der Waals surface area contributed by atoms with Gasteiger partial charge in [-0.1, -0.05) is 77.3 Å². The number of anilines is 1. The molecular weight excluding hydrogens is 569 g/mol. The summed E-state index contributed by atoms with van der Waals surface area (Å²) in [6, 6.07) is 19.2. The first kappa shape index (κ1) is 27.3. The minimum Gasteiger partial charge on any atom is -0.495 e. The van der Waals surface area contributed by atoms with Gasteiger partial charge in [0.25, 0.3) is 9.70 Å². The van der Waals surface area contributed by atoms with Crippen LogP contribution in [0.15, 0.2) is 65.6 Å². The van der Waals surface area contributed by atoms with E-state index in [0.29, 0.717) is 44.2 Å². The lowest BCUT2D eigenvalue weighted by Gasteiger charge is -2.37. The molecule has 2 fully saturated rings. The Morgan fingerprint density at radius 3 is 2.34 bits per heavy atom. The summed E-state index contributed by atoms with van der Waals surface area (Å²) < 4.78 is 33.2. The van der Waals surface area contributed by atoms with Crippen molar-refractivity contribution in [2.24, 2.45) is 0 Å². The number of piperazine rings is 1. The Morgan fingerprint density at radius 2 is 1.68 bits per heavy atom. The summed E-state index contributed by atoms with van der Waals surface area (Å²) in [6.45, 7) is 1.85. The first-order chi connectivity index (χ1) is 18.0. The molecule has 0 spiro atoms. The number of carbonyl (C=O) groups excluding carboxylic acids is 1. The van der Waals surface area contributed by atoms with Gasteiger partial charge in [0.1, 0.15) is 5.75 Å². The first-order valence-corrected chi connectivity index (χ1v) is 14.9. The van der Waals surface area contributed by atoms with Crippen molar-refractivity contribution in [1.82, 2.24) is 9.62 Å². The minimum atomic E-state index is -3.79. The van der Waals surface area contributed by atoms with Crippen LogP contribution in [0.5, 0.6) is 5.75 Å². The predicted molar refractivity (Wildman–Crippen MR) is 152 cm³/mol. The molecule has 11 heteroatoms. The number of hydrogen-bond donors (Lipinski definition) is 1. The number of rotatable bonds is 7. The third-order valence-electron chi connectivity index (χ3n) is 7.43. The molecule has 0 atom stereocenters. The number of carbonyl (C=O) groups is 1. The van der Waals surface area contributed by atoms with Crippen molar-refractivity contribution in [2.45, 2.75) is 26.9 Å². The molecule has 2 aliphatic rings. The highest BCUT2D eigenvalue weighted by atomic mass is 35.6. The van der Waals surface area contributed by atoms with E-state index in [-0.39, 0.29) is 10.3 Å². The quantitative estimate of drug-likeness (QED) is 0.394. The van der Waals surface area contributed by atoms with Gasteiger partial charge in [-0.3, -0.25) is 4.79 Å². The van der Waals surface area contributed by atoms with E-state index in [2.05, 4.69) is 29.0 Å². The highest BCUT2D eigenvalue weighted by molar-refractivity contribution is 7.89. The molecule has 5 rings (SSSR count). The fourth-order valence-electron chi connectivity index (χ4n) is 5.11. The monoisotopic (exact) mass is 595 g/mol. The van der Waals surface area contributed by atoms with Crippen LogP contribution in [0.3, 0.4) is 0 Å². The maximum atomic E-state index is 13.4. The molecule has 0 aromatic heterocycles. The smallest absolute Gasteiger partial charge is 0.274 e. The van der Waals surface area contributed by atoms with E-state index in [1.807, 2.05) is 23.1 Å². The second kappa shape index (κ2) is 10.4. The Balaban J connectivity index is 1.33. The zero-order valence-electron chi connectivity index (χ0n) is 20.8. The molecule has 1 saturated heterocycles. The molecule has 3 aromatic rings. The van der Waals surface area contributed by atoms with Gasteiger partial charge in [-0.25, -0.2) is 13.1 Å². The van der Waals surface area contributed by atoms with E-state index in [9.17, 15) is 13.2 Å². The zero-order chi connectivity index (χ0) is 27.1. The standard InChI is InChI=1S/C27H28Cl3N3O4S/c1-37-24-10-9-20(17-23(24)32-13-15-33(16-14-32)25(34)27(28,29)30)38(35,36)31-18-26(11-12-26)22-8-4-6-19-5-2-3-7-21(19)22/h2-10,17,31H,11-16,18H2,1H3. The third kappa shape index (κ3) is 5.42. The van der Waals surface area contributed by atoms with E-state index >= 15 is 0 Å². The van der Waals surface area contributed by atoms with Crippen molar-refractivity contribution < 1.29 is 17.9 Å². The lowest BCUT2D eigenvalue weighted by molar-refractivity contribution is -0.130. The number of amides is 1. The van der Waals surface area contributed by atoms with Crippen molar-refractivity contribution in [3.05, 3.63) is 66.2 Å². The van der Waals surface area contributed by atoms with Crippen molar-refractivity contribution >= 4 is 67.2 Å². The Kier molecular flexibility index (Phi) is 7.48. The van der Waals surface area contributed by atoms with Crippen LogP contribution in [0, 0.1) is 0 Å². The van der Waals surface area contributed by atoms with Gasteiger partial charge in [0.2, 0.25) is 10.0 Å². The van der Waals surface area contributed by atoms with E-state index in [1.165, 1.54) is 17.6 Å². The van der Waals surface area contributed by atoms with Crippen LogP contribution in [0.4, 0.5) is 5.69 Å². The minimum absolute atomic E-state index is 0.154. The fraction of sp³-hybridized carbons (Fsp3) is 0.370. The Labute approximate surface area is 237 Å². The predicted octanol–water partition coefficient (Wildman–Crippen LogP) is 4.88. The zero-order valence-corrected chi connectivity index (χ0v) is 23.9. The maximum Gasteiger partial charge on any atom is 0.274 e. The number of halogens is 3. The van der Waals surface area contributed by atoms with Gasteiger partial charge in [-0.2, -0.15) is 0 Å². The van der Waals surface area contributed by atoms with Gasteiger partial charge in [-0.05, 0) is 47.4 Å². The van der Waals surface area contributed by atoms with Gasteiger partial charge in [-0.15, -0.1) is 0 Å². The Hall–Kier alpha value is -2.23. The van der Waals surface area contributed by atoms with E-state index < -0.39 is 19.7 Å². The largest absolute Gasteiger partial charge is 0.495 e. The van der Waals surface area contributed by atoms with E-state index in [4.69, 9.17) is 39.5 Å². The summed E-state index contributed by atoms with van der Waals surface area (Å²) in [5.41, 5.74) is 1.59. The molecule has 0 bridgehead atoms. The van der Waals surface area contributed by atoms with Crippen LogP contribution in [0.2, 0.25) is 0 Å². The summed E-state index contributed by atoms with van der Waals surface area (Å²) in [4.78, 5) is 15.9. The highest BCUT2D eigenvalue weighted by Crippen LogP contribution is 2.50. The van der Waals surface area contributed by atoms with Gasteiger partial charge in [0.15, 0.2) is 0 Å². The summed E-state index contributed by atoms with van der Waals surface area (Å²) in [7, 11) is -2.26. The van der Waals surface area contributed by atoms with Gasteiger partial charge in [0.05, 0.1) is 17.7 Å². The molecule has 7 nitrogen and oxygen atoms in total. The number of sulfonamides is 1. The van der Waals surface area contributed by atoms with Gasteiger partial charge in [0, 0.05) is 38.1 Å². The average Bonchev–Trinajstić information content (AvgIpc) is 3.71. The van der Waals surface area contributed by atoms with E-state index in [1.54, 1.807) is 18.2 Å². The molecule has 202 valence electrons. The second-order valence-electron chi connectivity index (χ2n) is 9.74. The highest BCUT2D eigenvalue weighted by Gasteiger charge is 2.45. The van der Waals surface area contributed by atoms with E-state index in [0.717, 1.165) is 23.6 Å². The molecule has 0 unspecified atom stereocenters. The number of hydrogen-bond acceptors (Lipinski definition) is 5. The lowest BCUT2D eigenvalue weighted by atomic mass is 9.91. The van der Waals surface area contributed by atoms with Crippen molar-refractivity contribution in [2.75, 3.05) is 44.7 Å². The normalized spacial score (nSPS) is 17.5. The molecule has 38 heavy (non-hydrogen) atoms. The van der Waals surface area contributed by atoms with Crippen LogP contribution >= 0.6 is 34.8 Å². The Bertz CT molecular complexity index is 1460. The maximum absolute atomic E-state index is 13.4.